The van der Waals surface area contributed by atoms with Gasteiger partial charge in [0.25, 0.3) is 5.56 Å². The molecule has 0 radical (unpaired) electrons. The summed E-state index contributed by atoms with van der Waals surface area (Å²) in [6, 6.07) is 13.2. The van der Waals surface area contributed by atoms with Crippen LogP contribution in [0.15, 0.2) is 75.0 Å². The number of rotatable bonds is 5. The number of fused-ring (bicyclic) bond motifs is 1. The molecular formula is C23H20N2O3S2. The molecule has 30 heavy (non-hydrogen) atoms. The third kappa shape index (κ3) is 3.86. The minimum absolute atomic E-state index is 0.163. The van der Waals surface area contributed by atoms with Crippen LogP contribution in [0.25, 0.3) is 12.2 Å². The van der Waals surface area contributed by atoms with Crippen LogP contribution < -0.4 is 14.9 Å². The largest absolute Gasteiger partial charge is 0.463 e. The highest BCUT2D eigenvalue weighted by Crippen LogP contribution is 2.33. The predicted octanol–water partition coefficient (Wildman–Crippen LogP) is 3.52. The lowest BCUT2D eigenvalue weighted by Crippen LogP contribution is -2.39. The third-order valence-corrected chi connectivity index (χ3v) is 6.59. The molecule has 1 aliphatic rings. The number of carbonyl (C=O) groups excluding carboxylic acids is 1. The second kappa shape index (κ2) is 8.77. The van der Waals surface area contributed by atoms with E-state index in [9.17, 15) is 9.59 Å². The molecule has 3 aromatic rings. The maximum Gasteiger partial charge on any atom is 0.338 e. The average Bonchev–Trinajstić information content (AvgIpc) is 3.37. The number of aromatic nitrogens is 1. The van der Waals surface area contributed by atoms with Gasteiger partial charge in [-0.1, -0.05) is 59.9 Å². The molecular weight excluding hydrogens is 416 g/mol. The Balaban J connectivity index is 1.83. The van der Waals surface area contributed by atoms with E-state index in [4.69, 9.17) is 4.74 Å². The van der Waals surface area contributed by atoms with Gasteiger partial charge in [-0.3, -0.25) is 9.36 Å². The van der Waals surface area contributed by atoms with E-state index in [0.717, 1.165) is 10.4 Å². The smallest absolute Gasteiger partial charge is 0.338 e. The fraction of sp³-hybridized carbons (Fsp3) is 0.174. The third-order valence-electron chi connectivity index (χ3n) is 4.67. The summed E-state index contributed by atoms with van der Waals surface area (Å²) in [5.41, 5.74) is 1.89. The van der Waals surface area contributed by atoms with Gasteiger partial charge in [0, 0.05) is 4.88 Å². The first-order chi connectivity index (χ1) is 14.6. The molecule has 0 saturated heterocycles. The van der Waals surface area contributed by atoms with Crippen molar-refractivity contribution in [2.24, 2.45) is 4.99 Å². The Morgan fingerprint density at radius 3 is 2.73 bits per heavy atom. The van der Waals surface area contributed by atoms with E-state index in [2.05, 4.69) is 4.99 Å². The highest BCUT2D eigenvalue weighted by Gasteiger charge is 2.33. The molecule has 5 nitrogen and oxygen atoms in total. The molecule has 2 aromatic heterocycles. The lowest BCUT2D eigenvalue weighted by atomic mass is 10.0. The summed E-state index contributed by atoms with van der Waals surface area (Å²) in [6.07, 6.45) is 5.61. The first-order valence-corrected chi connectivity index (χ1v) is 11.2. The number of hydrogen-bond acceptors (Lipinski definition) is 6. The number of esters is 1. The fourth-order valence-electron chi connectivity index (χ4n) is 3.33. The van der Waals surface area contributed by atoms with E-state index in [-0.39, 0.29) is 12.2 Å². The van der Waals surface area contributed by atoms with Crippen molar-refractivity contribution in [3.05, 3.63) is 95.3 Å². The molecule has 0 saturated carbocycles. The number of hydrogen-bond donors (Lipinski definition) is 0. The molecule has 0 aliphatic carbocycles. The number of benzene rings is 1. The van der Waals surface area contributed by atoms with E-state index in [1.165, 1.54) is 22.7 Å². The summed E-state index contributed by atoms with van der Waals surface area (Å²) in [5, 5.41) is 1.94. The van der Waals surface area contributed by atoms with Gasteiger partial charge in [0.2, 0.25) is 0 Å². The Morgan fingerprint density at radius 1 is 1.23 bits per heavy atom. The molecule has 3 heterocycles. The molecule has 1 aliphatic heterocycles. The minimum atomic E-state index is -0.527. The van der Waals surface area contributed by atoms with Gasteiger partial charge in [0.05, 0.1) is 22.4 Å². The molecule has 0 fully saturated rings. The van der Waals surface area contributed by atoms with Crippen LogP contribution in [0.5, 0.6) is 0 Å². The number of thiazole rings is 1. The van der Waals surface area contributed by atoms with Crippen molar-refractivity contribution >= 4 is 40.8 Å². The van der Waals surface area contributed by atoms with E-state index >= 15 is 0 Å². The van der Waals surface area contributed by atoms with Gasteiger partial charge < -0.3 is 4.74 Å². The Hall–Kier alpha value is -3.03. The zero-order chi connectivity index (χ0) is 21.1. The van der Waals surface area contributed by atoms with Crippen LogP contribution in [0, 0.1) is 0 Å². The first-order valence-electron chi connectivity index (χ1n) is 9.55. The molecule has 1 atom stereocenters. The summed E-state index contributed by atoms with van der Waals surface area (Å²) in [6.45, 7) is 3.82. The molecule has 1 aromatic carbocycles. The van der Waals surface area contributed by atoms with Gasteiger partial charge in [0.15, 0.2) is 4.80 Å². The van der Waals surface area contributed by atoms with Crippen LogP contribution in [-0.4, -0.2) is 17.1 Å². The number of thiophene rings is 1. The van der Waals surface area contributed by atoms with E-state index < -0.39 is 12.0 Å². The van der Waals surface area contributed by atoms with Crippen LogP contribution in [0.3, 0.4) is 0 Å². The highest BCUT2D eigenvalue weighted by atomic mass is 32.1. The monoisotopic (exact) mass is 436 g/mol. The van der Waals surface area contributed by atoms with Crippen molar-refractivity contribution in [1.29, 1.82) is 0 Å². The van der Waals surface area contributed by atoms with Crippen molar-refractivity contribution in [2.75, 3.05) is 6.61 Å². The average molecular weight is 437 g/mol. The minimum Gasteiger partial charge on any atom is -0.463 e. The van der Waals surface area contributed by atoms with Crippen LogP contribution in [0.2, 0.25) is 0 Å². The van der Waals surface area contributed by atoms with Gasteiger partial charge in [0.1, 0.15) is 6.04 Å². The molecule has 1 unspecified atom stereocenters. The zero-order valence-corrected chi connectivity index (χ0v) is 18.2. The Bertz CT molecular complexity index is 1300. The Labute approximate surface area is 181 Å². The number of ether oxygens (including phenoxy) is 1. The SMILES string of the molecule is CCOC(=O)C1=C(C)N=c2sc(=CC=Cc3ccccc3)c(=O)n2C1c1cccs1. The second-order valence-electron chi connectivity index (χ2n) is 6.61. The lowest BCUT2D eigenvalue weighted by Gasteiger charge is -2.23. The van der Waals surface area contributed by atoms with Gasteiger partial charge in [-0.2, -0.15) is 0 Å². The van der Waals surface area contributed by atoms with Crippen molar-refractivity contribution in [2.45, 2.75) is 19.9 Å². The van der Waals surface area contributed by atoms with Crippen LogP contribution in [0.4, 0.5) is 0 Å². The molecule has 0 N–H and O–H groups in total. The zero-order valence-electron chi connectivity index (χ0n) is 16.6. The maximum absolute atomic E-state index is 13.3. The van der Waals surface area contributed by atoms with Crippen molar-refractivity contribution in [3.8, 4) is 0 Å². The molecule has 0 spiro atoms. The van der Waals surface area contributed by atoms with E-state index in [1.54, 1.807) is 24.5 Å². The van der Waals surface area contributed by atoms with Gasteiger partial charge >= 0.3 is 5.97 Å². The van der Waals surface area contributed by atoms with Gasteiger partial charge in [-0.15, -0.1) is 11.3 Å². The summed E-state index contributed by atoms with van der Waals surface area (Å²) in [4.78, 5) is 32.0. The molecule has 4 rings (SSSR count). The van der Waals surface area contributed by atoms with Gasteiger partial charge in [-0.05, 0) is 36.9 Å². The van der Waals surface area contributed by atoms with Gasteiger partial charge in [-0.25, -0.2) is 9.79 Å². The van der Waals surface area contributed by atoms with Crippen molar-refractivity contribution in [3.63, 3.8) is 0 Å². The summed E-state index contributed by atoms with van der Waals surface area (Å²) in [7, 11) is 0. The standard InChI is InChI=1S/C23H20N2O3S2/c1-3-28-22(27)19-15(2)24-23-25(20(19)17-13-8-14-29-17)21(26)18(30-23)12-7-11-16-9-5-4-6-10-16/h4-14,20H,3H2,1-2H3. The first kappa shape index (κ1) is 20.3. The van der Waals surface area contributed by atoms with Crippen molar-refractivity contribution in [1.82, 2.24) is 4.57 Å². The molecule has 0 amide bonds. The number of nitrogens with zero attached hydrogens (tertiary/aromatic N) is 2. The Morgan fingerprint density at radius 2 is 2.03 bits per heavy atom. The Kier molecular flexibility index (Phi) is 5.92. The maximum atomic E-state index is 13.3. The lowest BCUT2D eigenvalue weighted by molar-refractivity contribution is -0.139. The van der Waals surface area contributed by atoms with Crippen LogP contribution in [-0.2, 0) is 9.53 Å². The quantitative estimate of drug-likeness (QED) is 0.575. The topological polar surface area (TPSA) is 60.7 Å². The normalized spacial score (nSPS) is 16.6. The number of allylic oxidation sites excluding steroid dienone is 2. The second-order valence-corrected chi connectivity index (χ2v) is 8.60. The summed E-state index contributed by atoms with van der Waals surface area (Å²) >= 11 is 2.83. The predicted molar refractivity (Wildman–Crippen MR) is 121 cm³/mol. The van der Waals surface area contributed by atoms with E-state index in [1.807, 2.05) is 60.0 Å². The summed E-state index contributed by atoms with van der Waals surface area (Å²) < 4.78 is 7.45. The molecule has 7 heteroatoms. The highest BCUT2D eigenvalue weighted by molar-refractivity contribution is 7.10. The van der Waals surface area contributed by atoms with Crippen LogP contribution >= 0.6 is 22.7 Å². The van der Waals surface area contributed by atoms with E-state index in [0.29, 0.717) is 20.6 Å². The molecule has 152 valence electrons. The summed E-state index contributed by atoms with van der Waals surface area (Å²) in [5.74, 6) is -0.435. The molecule has 0 bridgehead atoms. The number of carbonyl (C=O) groups is 1. The fourth-order valence-corrected chi connectivity index (χ4v) is 5.15. The van der Waals surface area contributed by atoms with Crippen molar-refractivity contribution < 1.29 is 9.53 Å². The van der Waals surface area contributed by atoms with Crippen LogP contribution in [0.1, 0.15) is 30.3 Å².